The molecule has 0 atom stereocenters. The predicted octanol–water partition coefficient (Wildman–Crippen LogP) is 8.93. The Morgan fingerprint density at radius 3 is 1.61 bits per heavy atom. The zero-order valence-corrected chi connectivity index (χ0v) is 23.4. The van der Waals surface area contributed by atoms with E-state index in [9.17, 15) is 4.79 Å². The molecule has 0 fully saturated rings. The van der Waals surface area contributed by atoms with E-state index in [0.717, 1.165) is 33.2 Å². The zero-order chi connectivity index (χ0) is 28.9. The number of benzene rings is 7. The van der Waals surface area contributed by atoms with Gasteiger partial charge in [0.25, 0.3) is 5.56 Å². The molecule has 44 heavy (non-hydrogen) atoms. The molecule has 5 nitrogen and oxygen atoms in total. The number of hydrogen-bond acceptors (Lipinski definition) is 3. The first-order valence-electron chi connectivity index (χ1n) is 14.7. The molecule has 10 rings (SSSR count). The van der Waals surface area contributed by atoms with Crippen LogP contribution in [0.1, 0.15) is 0 Å². The van der Waals surface area contributed by atoms with Crippen molar-refractivity contribution in [3.63, 3.8) is 0 Å². The van der Waals surface area contributed by atoms with E-state index in [2.05, 4.69) is 89.3 Å². The molecule has 204 valence electrons. The fourth-order valence-corrected chi connectivity index (χ4v) is 7.08. The Morgan fingerprint density at radius 1 is 0.386 bits per heavy atom. The molecule has 0 aliphatic carbocycles. The minimum absolute atomic E-state index is 0.0899. The van der Waals surface area contributed by atoms with Gasteiger partial charge in [0.05, 0.1) is 33.0 Å². The van der Waals surface area contributed by atoms with Crippen molar-refractivity contribution in [1.82, 2.24) is 18.8 Å². The maximum absolute atomic E-state index is 13.8. The zero-order valence-electron chi connectivity index (χ0n) is 23.4. The van der Waals surface area contributed by atoms with E-state index < -0.39 is 0 Å². The second kappa shape index (κ2) is 8.49. The van der Waals surface area contributed by atoms with Crippen molar-refractivity contribution in [2.24, 2.45) is 0 Å². The molecule has 5 heteroatoms. The Morgan fingerprint density at radius 2 is 0.886 bits per heavy atom. The first kappa shape index (κ1) is 23.5. The minimum Gasteiger partial charge on any atom is -0.288 e. The van der Waals surface area contributed by atoms with Gasteiger partial charge < -0.3 is 0 Å². The van der Waals surface area contributed by atoms with Crippen LogP contribution >= 0.6 is 0 Å². The monoisotopic (exact) mass is 562 g/mol. The van der Waals surface area contributed by atoms with Crippen LogP contribution in [0.25, 0.3) is 87.7 Å². The van der Waals surface area contributed by atoms with Crippen molar-refractivity contribution < 1.29 is 0 Å². The number of nitrogens with zero attached hydrogens (tertiary/aromatic N) is 4. The van der Waals surface area contributed by atoms with E-state index in [1.54, 1.807) is 4.40 Å². The summed E-state index contributed by atoms with van der Waals surface area (Å²) in [6.45, 7) is 0. The molecule has 0 saturated heterocycles. The third-order valence-corrected chi connectivity index (χ3v) is 9.07. The molecule has 0 unspecified atom stereocenters. The van der Waals surface area contributed by atoms with Crippen LogP contribution in [0.2, 0.25) is 0 Å². The largest absolute Gasteiger partial charge is 0.288 e. The first-order chi connectivity index (χ1) is 21.7. The van der Waals surface area contributed by atoms with Gasteiger partial charge in [-0.05, 0) is 85.9 Å². The van der Waals surface area contributed by atoms with Crippen molar-refractivity contribution in [1.29, 1.82) is 0 Å². The summed E-state index contributed by atoms with van der Waals surface area (Å²) in [7, 11) is 0. The molecule has 0 spiro atoms. The van der Waals surface area contributed by atoms with Crippen LogP contribution in [-0.4, -0.2) is 18.8 Å². The van der Waals surface area contributed by atoms with Crippen LogP contribution in [-0.2, 0) is 0 Å². The van der Waals surface area contributed by atoms with Crippen LogP contribution in [0.5, 0.6) is 0 Å². The second-order valence-corrected chi connectivity index (χ2v) is 11.4. The molecule has 3 aromatic heterocycles. The summed E-state index contributed by atoms with van der Waals surface area (Å²) in [5.41, 5.74) is 7.56. The van der Waals surface area contributed by atoms with Gasteiger partial charge in [0.1, 0.15) is 0 Å². The molecular weight excluding hydrogens is 540 g/mol. The van der Waals surface area contributed by atoms with Crippen molar-refractivity contribution in [2.75, 3.05) is 0 Å². The Kier molecular flexibility index (Phi) is 4.53. The standard InChI is InChI=1S/C39H22N4O/c44-39-30-13-5-6-14-32(30)40-38-37-41-33-20-18-24(22-36(33)42(37)34-15-7-8-16-35(34)43(38)39)23-17-19-29-27-11-2-1-9-25(27)26-10-3-4-12-28(26)31(29)21-23/h1-22H. The number of hydrogen-bond donors (Lipinski definition) is 0. The molecule has 3 heterocycles. The Balaban J connectivity index is 1.29. The van der Waals surface area contributed by atoms with Gasteiger partial charge in [0, 0.05) is 0 Å². The topological polar surface area (TPSA) is 51.7 Å². The molecule has 10 aromatic rings. The first-order valence-corrected chi connectivity index (χ1v) is 14.7. The van der Waals surface area contributed by atoms with E-state index in [1.807, 2.05) is 48.5 Å². The normalized spacial score (nSPS) is 12.2. The van der Waals surface area contributed by atoms with Crippen molar-refractivity contribution in [3.05, 3.63) is 144 Å². The number of fused-ring (bicyclic) bond motifs is 15. The Labute approximate surface area is 249 Å². The molecule has 0 N–H and O–H groups in total. The van der Waals surface area contributed by atoms with E-state index in [-0.39, 0.29) is 5.56 Å². The summed E-state index contributed by atoms with van der Waals surface area (Å²) >= 11 is 0. The summed E-state index contributed by atoms with van der Waals surface area (Å²) in [4.78, 5) is 23.8. The highest BCUT2D eigenvalue weighted by Gasteiger charge is 2.18. The lowest BCUT2D eigenvalue weighted by molar-refractivity contribution is 1.10. The molecule has 0 bridgehead atoms. The predicted molar refractivity (Wildman–Crippen MR) is 181 cm³/mol. The van der Waals surface area contributed by atoms with Gasteiger partial charge in [-0.3, -0.25) is 13.6 Å². The van der Waals surface area contributed by atoms with Gasteiger partial charge in [-0.15, -0.1) is 0 Å². The van der Waals surface area contributed by atoms with Crippen LogP contribution in [0.15, 0.2) is 138 Å². The molecule has 7 aromatic carbocycles. The Bertz CT molecular complexity index is 2880. The number of para-hydroxylation sites is 3. The summed E-state index contributed by atoms with van der Waals surface area (Å²) < 4.78 is 3.85. The molecule has 0 amide bonds. The van der Waals surface area contributed by atoms with Gasteiger partial charge in [-0.25, -0.2) is 9.97 Å². The van der Waals surface area contributed by atoms with Crippen LogP contribution in [0.3, 0.4) is 0 Å². The fraction of sp³-hybridized carbons (Fsp3) is 0. The molecular formula is C39H22N4O. The second-order valence-electron chi connectivity index (χ2n) is 11.4. The van der Waals surface area contributed by atoms with E-state index in [4.69, 9.17) is 9.97 Å². The lowest BCUT2D eigenvalue weighted by Gasteiger charge is -2.12. The van der Waals surface area contributed by atoms with Gasteiger partial charge in [0.2, 0.25) is 0 Å². The van der Waals surface area contributed by atoms with E-state index in [1.165, 1.54) is 32.3 Å². The number of rotatable bonds is 1. The Hall–Kier alpha value is -6.07. The van der Waals surface area contributed by atoms with Crippen molar-refractivity contribution in [3.8, 4) is 11.1 Å². The summed E-state index contributed by atoms with van der Waals surface area (Å²) in [5, 5.41) is 8.13. The summed E-state index contributed by atoms with van der Waals surface area (Å²) in [6, 6.07) is 46.0. The highest BCUT2D eigenvalue weighted by molar-refractivity contribution is 6.25. The van der Waals surface area contributed by atoms with E-state index in [0.29, 0.717) is 22.2 Å². The minimum atomic E-state index is -0.0899. The maximum Gasteiger partial charge on any atom is 0.266 e. The third kappa shape index (κ3) is 3.05. The van der Waals surface area contributed by atoms with Gasteiger partial charge in [-0.1, -0.05) is 91.0 Å². The fourth-order valence-electron chi connectivity index (χ4n) is 7.08. The smallest absolute Gasteiger partial charge is 0.266 e. The SMILES string of the molecule is O=c1c2ccccc2nc2c3nc4ccc(-c5ccc6c7ccccc7c7ccccc7c6c5)cc4n3c3ccccc3n12. The van der Waals surface area contributed by atoms with E-state index >= 15 is 0 Å². The summed E-state index contributed by atoms with van der Waals surface area (Å²) in [6.07, 6.45) is 0. The molecule has 0 saturated carbocycles. The van der Waals surface area contributed by atoms with Crippen LogP contribution in [0.4, 0.5) is 0 Å². The third-order valence-electron chi connectivity index (χ3n) is 9.07. The van der Waals surface area contributed by atoms with Gasteiger partial charge in [0.15, 0.2) is 11.3 Å². The molecule has 0 radical (unpaired) electrons. The van der Waals surface area contributed by atoms with Crippen molar-refractivity contribution >= 4 is 76.6 Å². The molecule has 0 aliphatic heterocycles. The maximum atomic E-state index is 13.8. The highest BCUT2D eigenvalue weighted by Crippen LogP contribution is 2.38. The molecule has 0 aliphatic rings. The van der Waals surface area contributed by atoms with Crippen LogP contribution < -0.4 is 5.56 Å². The van der Waals surface area contributed by atoms with Crippen LogP contribution in [0, 0.1) is 0 Å². The average Bonchev–Trinajstić information content (AvgIpc) is 3.48. The number of aromatic nitrogens is 4. The van der Waals surface area contributed by atoms with Gasteiger partial charge in [-0.2, -0.15) is 0 Å². The lowest BCUT2D eigenvalue weighted by Crippen LogP contribution is -2.17. The highest BCUT2D eigenvalue weighted by atomic mass is 16.1. The quantitative estimate of drug-likeness (QED) is 0.148. The average molecular weight is 563 g/mol. The summed E-state index contributed by atoms with van der Waals surface area (Å²) in [5.74, 6) is 0. The van der Waals surface area contributed by atoms with Gasteiger partial charge >= 0.3 is 0 Å². The number of imidazole rings is 1. The van der Waals surface area contributed by atoms with Crippen molar-refractivity contribution in [2.45, 2.75) is 0 Å². The lowest BCUT2D eigenvalue weighted by atomic mass is 9.92.